The van der Waals surface area contributed by atoms with Gasteiger partial charge in [0.15, 0.2) is 11.6 Å². The van der Waals surface area contributed by atoms with E-state index in [0.717, 1.165) is 18.4 Å². The highest BCUT2D eigenvalue weighted by atomic mass is 32.1. The molecule has 0 radical (unpaired) electrons. The summed E-state index contributed by atoms with van der Waals surface area (Å²) in [5.74, 6) is 0.496. The number of carbonyl (C=O) groups is 1. The molecule has 8 heteroatoms. The minimum absolute atomic E-state index is 0.111. The van der Waals surface area contributed by atoms with E-state index in [-0.39, 0.29) is 22.6 Å². The molecule has 0 atom stereocenters. The van der Waals surface area contributed by atoms with E-state index in [9.17, 15) is 9.18 Å². The van der Waals surface area contributed by atoms with Crippen LogP contribution in [0.5, 0.6) is 0 Å². The molecule has 3 aromatic rings. The predicted octanol–water partition coefficient (Wildman–Crippen LogP) is 3.56. The summed E-state index contributed by atoms with van der Waals surface area (Å²) < 4.78 is 19.4. The van der Waals surface area contributed by atoms with Crippen LogP contribution in [0.4, 0.5) is 16.0 Å². The van der Waals surface area contributed by atoms with Gasteiger partial charge in [-0.25, -0.2) is 9.37 Å². The molecule has 0 spiro atoms. The van der Waals surface area contributed by atoms with Gasteiger partial charge in [-0.1, -0.05) is 17.3 Å². The van der Waals surface area contributed by atoms with E-state index < -0.39 is 5.82 Å². The van der Waals surface area contributed by atoms with Gasteiger partial charge in [-0.15, -0.1) is 0 Å². The van der Waals surface area contributed by atoms with Crippen molar-refractivity contribution in [2.45, 2.75) is 24.0 Å². The maximum atomic E-state index is 14.4. The van der Waals surface area contributed by atoms with Crippen molar-refractivity contribution in [1.82, 2.24) is 10.1 Å². The Hall–Kier alpha value is -2.87. The van der Waals surface area contributed by atoms with Crippen LogP contribution in [0.15, 0.2) is 47.1 Å². The second kappa shape index (κ2) is 6.70. The van der Waals surface area contributed by atoms with Crippen LogP contribution in [-0.2, 0) is 16.0 Å². The van der Waals surface area contributed by atoms with Crippen LogP contribution >= 0.6 is 12.6 Å². The number of rotatable bonds is 5. The van der Waals surface area contributed by atoms with Crippen molar-refractivity contribution >= 4 is 30.2 Å². The lowest BCUT2D eigenvalue weighted by Crippen LogP contribution is -2.15. The number of hydrogen-bond donors (Lipinski definition) is 3. The van der Waals surface area contributed by atoms with E-state index in [2.05, 4.69) is 28.1 Å². The lowest BCUT2D eigenvalue weighted by Gasteiger charge is -2.07. The molecule has 3 N–H and O–H groups in total. The Bertz CT molecular complexity index is 999. The molecule has 1 saturated carbocycles. The molecule has 0 saturated heterocycles. The van der Waals surface area contributed by atoms with E-state index in [4.69, 9.17) is 10.3 Å². The van der Waals surface area contributed by atoms with Gasteiger partial charge in [-0.3, -0.25) is 4.79 Å². The number of amides is 1. The first-order valence-electron chi connectivity index (χ1n) is 8.43. The first-order valence-corrected chi connectivity index (χ1v) is 8.87. The minimum Gasteiger partial charge on any atom is -0.384 e. The second-order valence-electron chi connectivity index (χ2n) is 6.61. The Morgan fingerprint density at radius 3 is 2.70 bits per heavy atom. The Morgan fingerprint density at radius 1 is 1.26 bits per heavy atom. The summed E-state index contributed by atoms with van der Waals surface area (Å²) in [6, 6.07) is 9.77. The first kappa shape index (κ1) is 17.5. The topological polar surface area (TPSA) is 94.0 Å². The lowest BCUT2D eigenvalue weighted by molar-refractivity contribution is -0.115. The number of nitrogens with zero attached hydrogens (tertiary/aromatic N) is 2. The third-order valence-corrected chi connectivity index (χ3v) is 5.15. The molecule has 1 aliphatic rings. The molecular weight excluding hydrogens is 367 g/mol. The first-order chi connectivity index (χ1) is 12.9. The van der Waals surface area contributed by atoms with Gasteiger partial charge >= 0.3 is 0 Å². The summed E-state index contributed by atoms with van der Waals surface area (Å²) in [6.07, 6.45) is 3.30. The molecular formula is C19H17FN4O2S. The van der Waals surface area contributed by atoms with Crippen LogP contribution in [0, 0.1) is 5.82 Å². The maximum Gasteiger partial charge on any atom is 0.230 e. The van der Waals surface area contributed by atoms with Crippen LogP contribution in [0.3, 0.4) is 0 Å². The standard InChI is InChI=1S/C19H17FN4O2S/c20-14-7-11(13-3-4-16(21)22-10-13)1-2-12(14)8-18(25)23-17-9-15(26-24-17)19(27)5-6-19/h1-4,7,9-10,27H,5-6,8H2,(H2,21,22)(H,23,24,25). The van der Waals surface area contributed by atoms with Crippen molar-refractivity contribution < 1.29 is 13.7 Å². The van der Waals surface area contributed by atoms with E-state index >= 15 is 0 Å². The van der Waals surface area contributed by atoms with Crippen LogP contribution in [0.25, 0.3) is 11.1 Å². The Morgan fingerprint density at radius 2 is 2.04 bits per heavy atom. The number of benzene rings is 1. The van der Waals surface area contributed by atoms with Gasteiger partial charge in [0.1, 0.15) is 11.6 Å². The highest BCUT2D eigenvalue weighted by Crippen LogP contribution is 2.51. The molecule has 0 bridgehead atoms. The SMILES string of the molecule is Nc1ccc(-c2ccc(CC(=O)Nc3cc(C4(S)CC4)on3)c(F)c2)cn1. The second-order valence-corrected chi connectivity index (χ2v) is 7.47. The van der Waals surface area contributed by atoms with Crippen molar-refractivity contribution in [3.8, 4) is 11.1 Å². The van der Waals surface area contributed by atoms with Gasteiger partial charge in [0.25, 0.3) is 0 Å². The zero-order valence-corrected chi connectivity index (χ0v) is 15.2. The predicted molar refractivity (Wildman–Crippen MR) is 103 cm³/mol. The smallest absolute Gasteiger partial charge is 0.230 e. The minimum atomic E-state index is -0.465. The van der Waals surface area contributed by atoms with Gasteiger partial charge < -0.3 is 15.6 Å². The van der Waals surface area contributed by atoms with Crippen molar-refractivity contribution in [3.63, 3.8) is 0 Å². The molecule has 0 aliphatic heterocycles. The van der Waals surface area contributed by atoms with Crippen molar-refractivity contribution in [2.75, 3.05) is 11.1 Å². The zero-order valence-electron chi connectivity index (χ0n) is 14.3. The number of anilines is 2. The molecule has 0 unspecified atom stereocenters. The van der Waals surface area contributed by atoms with Crippen LogP contribution in [0.2, 0.25) is 0 Å². The number of nitrogens with one attached hydrogen (secondary N) is 1. The van der Waals surface area contributed by atoms with Crippen molar-refractivity contribution in [3.05, 3.63) is 59.7 Å². The molecule has 6 nitrogen and oxygen atoms in total. The van der Waals surface area contributed by atoms with Gasteiger partial charge in [-0.2, -0.15) is 12.6 Å². The van der Waals surface area contributed by atoms with E-state index in [1.54, 1.807) is 36.5 Å². The third-order valence-electron chi connectivity index (χ3n) is 4.48. The fraction of sp³-hybridized carbons (Fsp3) is 0.211. The monoisotopic (exact) mass is 384 g/mol. The molecule has 1 aliphatic carbocycles. The van der Waals surface area contributed by atoms with Gasteiger partial charge in [0.05, 0.1) is 11.2 Å². The summed E-state index contributed by atoms with van der Waals surface area (Å²) in [4.78, 5) is 16.2. The van der Waals surface area contributed by atoms with E-state index in [1.807, 2.05) is 0 Å². The quantitative estimate of drug-likeness (QED) is 0.585. The molecule has 4 rings (SSSR count). The molecule has 27 heavy (non-hydrogen) atoms. The Labute approximate surface area is 160 Å². The largest absolute Gasteiger partial charge is 0.384 e. The number of nitrogen functional groups attached to an aromatic ring is 1. The molecule has 2 aromatic heterocycles. The van der Waals surface area contributed by atoms with Crippen LogP contribution in [0.1, 0.15) is 24.2 Å². The summed E-state index contributed by atoms with van der Waals surface area (Å²) in [6.45, 7) is 0. The van der Waals surface area contributed by atoms with Gasteiger partial charge in [-0.05, 0) is 42.2 Å². The maximum absolute atomic E-state index is 14.4. The highest BCUT2D eigenvalue weighted by Gasteiger charge is 2.44. The van der Waals surface area contributed by atoms with Gasteiger partial charge in [0, 0.05) is 17.8 Å². The fourth-order valence-corrected chi connectivity index (χ4v) is 2.94. The van der Waals surface area contributed by atoms with Crippen LogP contribution < -0.4 is 11.1 Å². The molecule has 1 amide bonds. The third kappa shape index (κ3) is 3.80. The van der Waals surface area contributed by atoms with Gasteiger partial charge in [0.2, 0.25) is 5.91 Å². The Kier molecular flexibility index (Phi) is 4.35. The molecule has 1 fully saturated rings. The average molecular weight is 384 g/mol. The normalized spacial score (nSPS) is 14.7. The number of thiol groups is 1. The molecule has 1 aromatic carbocycles. The number of aromatic nitrogens is 2. The summed E-state index contributed by atoms with van der Waals surface area (Å²) >= 11 is 4.49. The van der Waals surface area contributed by atoms with Crippen molar-refractivity contribution in [1.29, 1.82) is 0 Å². The average Bonchev–Trinajstić information content (AvgIpc) is 3.21. The van der Waals surface area contributed by atoms with E-state index in [0.29, 0.717) is 23.0 Å². The number of carbonyl (C=O) groups excluding carboxylic acids is 1. The Balaban J connectivity index is 1.43. The number of nitrogens with two attached hydrogens (primary N) is 1. The number of halogens is 1. The van der Waals surface area contributed by atoms with Crippen LogP contribution in [-0.4, -0.2) is 16.0 Å². The zero-order chi connectivity index (χ0) is 19.0. The highest BCUT2D eigenvalue weighted by molar-refractivity contribution is 7.81. The summed E-state index contributed by atoms with van der Waals surface area (Å²) in [7, 11) is 0. The number of pyridine rings is 1. The lowest BCUT2D eigenvalue weighted by atomic mass is 10.0. The van der Waals surface area contributed by atoms with E-state index in [1.165, 1.54) is 6.07 Å². The summed E-state index contributed by atoms with van der Waals surface area (Å²) in [5, 5.41) is 6.44. The van der Waals surface area contributed by atoms with Crippen molar-refractivity contribution in [2.24, 2.45) is 0 Å². The summed E-state index contributed by atoms with van der Waals surface area (Å²) in [5.41, 5.74) is 7.25. The molecule has 2 heterocycles. The molecule has 138 valence electrons. The number of hydrogen-bond acceptors (Lipinski definition) is 6. The fourth-order valence-electron chi connectivity index (χ4n) is 2.72.